The van der Waals surface area contributed by atoms with Gasteiger partial charge < -0.3 is 10.1 Å². The number of hydrogen-bond acceptors (Lipinski definition) is 5. The lowest BCUT2D eigenvalue weighted by atomic mass is 10.2. The fourth-order valence-electron chi connectivity index (χ4n) is 1.68. The van der Waals surface area contributed by atoms with E-state index in [1.54, 1.807) is 7.11 Å². The standard InChI is InChI=1S/C12H15F2N5O/c1-8-5-10(14)11(6-9(8)13)19-12(16-17-18-19)7-15-3-4-20-2/h5-6,15H,3-4,7H2,1-2H3. The molecule has 6 nitrogen and oxygen atoms in total. The second-order valence-corrected chi connectivity index (χ2v) is 4.23. The third kappa shape index (κ3) is 3.14. The van der Waals surface area contributed by atoms with E-state index in [0.717, 1.165) is 12.1 Å². The van der Waals surface area contributed by atoms with Crippen molar-refractivity contribution in [2.24, 2.45) is 0 Å². The molecular weight excluding hydrogens is 268 g/mol. The van der Waals surface area contributed by atoms with E-state index in [9.17, 15) is 8.78 Å². The molecule has 0 fully saturated rings. The molecule has 108 valence electrons. The van der Waals surface area contributed by atoms with Gasteiger partial charge in [0.1, 0.15) is 17.3 Å². The Bertz CT molecular complexity index is 587. The largest absolute Gasteiger partial charge is 0.383 e. The number of nitrogens with one attached hydrogen (secondary N) is 1. The van der Waals surface area contributed by atoms with Crippen LogP contribution in [0.2, 0.25) is 0 Å². The van der Waals surface area contributed by atoms with Crippen LogP contribution in [-0.2, 0) is 11.3 Å². The summed E-state index contributed by atoms with van der Waals surface area (Å²) >= 11 is 0. The first-order chi connectivity index (χ1) is 9.63. The maximum Gasteiger partial charge on any atom is 0.170 e. The van der Waals surface area contributed by atoms with Crippen molar-refractivity contribution in [1.82, 2.24) is 25.5 Å². The number of aromatic nitrogens is 4. The lowest BCUT2D eigenvalue weighted by Gasteiger charge is -2.08. The van der Waals surface area contributed by atoms with Gasteiger partial charge in [-0.2, -0.15) is 4.68 Å². The fourth-order valence-corrected chi connectivity index (χ4v) is 1.68. The average Bonchev–Trinajstić information content (AvgIpc) is 2.87. The van der Waals surface area contributed by atoms with E-state index in [1.807, 2.05) is 0 Å². The maximum atomic E-state index is 13.9. The number of aryl methyl sites for hydroxylation is 1. The normalized spacial score (nSPS) is 11.0. The molecule has 1 N–H and O–H groups in total. The van der Waals surface area contributed by atoms with E-state index in [4.69, 9.17) is 4.74 Å². The van der Waals surface area contributed by atoms with Crippen LogP contribution in [0.5, 0.6) is 0 Å². The highest BCUT2D eigenvalue weighted by molar-refractivity contribution is 5.36. The van der Waals surface area contributed by atoms with Crippen molar-refractivity contribution in [2.45, 2.75) is 13.5 Å². The summed E-state index contributed by atoms with van der Waals surface area (Å²) in [4.78, 5) is 0. The van der Waals surface area contributed by atoms with Crippen LogP contribution >= 0.6 is 0 Å². The predicted octanol–water partition coefficient (Wildman–Crippen LogP) is 0.985. The fraction of sp³-hybridized carbons (Fsp3) is 0.417. The van der Waals surface area contributed by atoms with Crippen molar-refractivity contribution >= 4 is 0 Å². The van der Waals surface area contributed by atoms with Gasteiger partial charge in [0, 0.05) is 19.7 Å². The van der Waals surface area contributed by atoms with Crippen LogP contribution in [0.1, 0.15) is 11.4 Å². The van der Waals surface area contributed by atoms with Crippen LogP contribution in [0.4, 0.5) is 8.78 Å². The average molecular weight is 283 g/mol. The zero-order valence-corrected chi connectivity index (χ0v) is 11.2. The minimum Gasteiger partial charge on any atom is -0.383 e. The van der Waals surface area contributed by atoms with Gasteiger partial charge in [0.2, 0.25) is 0 Å². The molecule has 2 rings (SSSR count). The van der Waals surface area contributed by atoms with Gasteiger partial charge >= 0.3 is 0 Å². The third-order valence-electron chi connectivity index (χ3n) is 2.76. The van der Waals surface area contributed by atoms with Gasteiger partial charge in [0.15, 0.2) is 5.82 Å². The highest BCUT2D eigenvalue weighted by atomic mass is 19.1. The van der Waals surface area contributed by atoms with E-state index in [-0.39, 0.29) is 11.3 Å². The number of tetrazole rings is 1. The molecule has 0 bridgehead atoms. The van der Waals surface area contributed by atoms with E-state index < -0.39 is 11.6 Å². The Hall–Kier alpha value is -1.93. The Kier molecular flexibility index (Phi) is 4.70. The van der Waals surface area contributed by atoms with Crippen molar-refractivity contribution in [3.63, 3.8) is 0 Å². The molecule has 0 aliphatic heterocycles. The number of halogens is 2. The van der Waals surface area contributed by atoms with Gasteiger partial charge in [-0.3, -0.25) is 0 Å². The van der Waals surface area contributed by atoms with Gasteiger partial charge in [-0.05, 0) is 29.0 Å². The monoisotopic (exact) mass is 283 g/mol. The van der Waals surface area contributed by atoms with Crippen LogP contribution in [0.3, 0.4) is 0 Å². The van der Waals surface area contributed by atoms with E-state index in [2.05, 4.69) is 20.8 Å². The molecule has 2 aromatic rings. The van der Waals surface area contributed by atoms with Gasteiger partial charge in [0.05, 0.1) is 13.2 Å². The Balaban J connectivity index is 2.21. The molecule has 20 heavy (non-hydrogen) atoms. The Morgan fingerprint density at radius 2 is 2.10 bits per heavy atom. The quantitative estimate of drug-likeness (QED) is 0.801. The maximum absolute atomic E-state index is 13.9. The van der Waals surface area contributed by atoms with E-state index >= 15 is 0 Å². The van der Waals surface area contributed by atoms with Gasteiger partial charge in [0.25, 0.3) is 0 Å². The molecule has 0 spiro atoms. The second kappa shape index (κ2) is 6.49. The smallest absolute Gasteiger partial charge is 0.170 e. The number of benzene rings is 1. The van der Waals surface area contributed by atoms with Gasteiger partial charge in [-0.25, -0.2) is 8.78 Å². The first-order valence-corrected chi connectivity index (χ1v) is 6.06. The number of rotatable bonds is 6. The van der Waals surface area contributed by atoms with E-state index in [0.29, 0.717) is 25.5 Å². The Morgan fingerprint density at radius 3 is 2.85 bits per heavy atom. The molecule has 1 aromatic carbocycles. The summed E-state index contributed by atoms with van der Waals surface area (Å²) in [5.41, 5.74) is 0.223. The SMILES string of the molecule is COCCNCc1nnnn1-c1cc(F)c(C)cc1F. The third-order valence-corrected chi connectivity index (χ3v) is 2.76. The number of ether oxygens (including phenoxy) is 1. The zero-order chi connectivity index (χ0) is 14.5. The minimum atomic E-state index is -0.575. The first kappa shape index (κ1) is 14.5. The number of methoxy groups -OCH3 is 1. The molecule has 0 saturated heterocycles. The Morgan fingerprint density at radius 1 is 1.30 bits per heavy atom. The van der Waals surface area contributed by atoms with Crippen LogP contribution in [0.15, 0.2) is 12.1 Å². The summed E-state index contributed by atoms with van der Waals surface area (Å²) in [6, 6.07) is 2.20. The van der Waals surface area contributed by atoms with E-state index in [1.165, 1.54) is 11.6 Å². The van der Waals surface area contributed by atoms with Crippen molar-refractivity contribution < 1.29 is 13.5 Å². The molecule has 0 radical (unpaired) electrons. The summed E-state index contributed by atoms with van der Waals surface area (Å²) in [7, 11) is 1.59. The summed E-state index contributed by atoms with van der Waals surface area (Å²) in [6.45, 7) is 2.96. The summed E-state index contributed by atoms with van der Waals surface area (Å²) < 4.78 is 33.5. The summed E-state index contributed by atoms with van der Waals surface area (Å²) in [5, 5.41) is 14.0. The van der Waals surface area contributed by atoms with Crippen LogP contribution in [0.25, 0.3) is 5.69 Å². The number of hydrogen-bond donors (Lipinski definition) is 1. The van der Waals surface area contributed by atoms with Gasteiger partial charge in [-0.15, -0.1) is 5.10 Å². The molecule has 0 saturated carbocycles. The molecule has 0 aliphatic rings. The molecule has 0 atom stereocenters. The predicted molar refractivity (Wildman–Crippen MR) is 67.4 cm³/mol. The van der Waals surface area contributed by atoms with Gasteiger partial charge in [-0.1, -0.05) is 0 Å². The summed E-state index contributed by atoms with van der Waals surface area (Å²) in [6.07, 6.45) is 0. The molecular formula is C12H15F2N5O. The van der Waals surface area contributed by atoms with Crippen molar-refractivity contribution in [3.8, 4) is 5.69 Å². The zero-order valence-electron chi connectivity index (χ0n) is 11.2. The molecule has 0 amide bonds. The van der Waals surface area contributed by atoms with Crippen LogP contribution < -0.4 is 5.32 Å². The number of nitrogens with zero attached hydrogens (tertiary/aromatic N) is 4. The topological polar surface area (TPSA) is 64.9 Å². The molecule has 1 heterocycles. The van der Waals surface area contributed by atoms with Crippen LogP contribution in [-0.4, -0.2) is 40.5 Å². The molecule has 8 heteroatoms. The van der Waals surface area contributed by atoms with Crippen molar-refractivity contribution in [3.05, 3.63) is 35.2 Å². The van der Waals surface area contributed by atoms with Crippen LogP contribution in [0, 0.1) is 18.6 Å². The highest BCUT2D eigenvalue weighted by Gasteiger charge is 2.14. The molecule has 1 aromatic heterocycles. The first-order valence-electron chi connectivity index (χ1n) is 6.06. The Labute approximate surface area is 114 Å². The second-order valence-electron chi connectivity index (χ2n) is 4.23. The van der Waals surface area contributed by atoms with Crippen molar-refractivity contribution in [2.75, 3.05) is 20.3 Å². The highest BCUT2D eigenvalue weighted by Crippen LogP contribution is 2.18. The van der Waals surface area contributed by atoms with Crippen molar-refractivity contribution in [1.29, 1.82) is 0 Å². The lowest BCUT2D eigenvalue weighted by molar-refractivity contribution is 0.199. The molecule has 0 aliphatic carbocycles. The minimum absolute atomic E-state index is 0.0124. The lowest BCUT2D eigenvalue weighted by Crippen LogP contribution is -2.21. The summed E-state index contributed by atoms with van der Waals surface area (Å²) in [5.74, 6) is -0.687. The molecule has 0 unspecified atom stereocenters.